The van der Waals surface area contributed by atoms with E-state index >= 15 is 0 Å². The van der Waals surface area contributed by atoms with Crippen LogP contribution >= 0.6 is 11.8 Å². The van der Waals surface area contributed by atoms with E-state index in [1.54, 1.807) is 0 Å². The Morgan fingerprint density at radius 3 is 2.75 bits per heavy atom. The molecular formula is C18H24N2O3S. The van der Waals surface area contributed by atoms with Crippen molar-refractivity contribution in [3.63, 3.8) is 0 Å². The summed E-state index contributed by atoms with van der Waals surface area (Å²) in [6.45, 7) is 1.98. The number of urea groups is 1. The number of benzene rings is 1. The largest absolute Gasteiger partial charge is 0.486 e. The van der Waals surface area contributed by atoms with E-state index in [-0.39, 0.29) is 11.4 Å². The lowest BCUT2D eigenvalue weighted by Gasteiger charge is -2.29. The van der Waals surface area contributed by atoms with E-state index in [1.165, 1.54) is 19.3 Å². The predicted molar refractivity (Wildman–Crippen MR) is 94.7 cm³/mol. The Labute approximate surface area is 147 Å². The Kier molecular flexibility index (Phi) is 4.74. The molecule has 1 saturated carbocycles. The van der Waals surface area contributed by atoms with Gasteiger partial charge < -0.3 is 19.7 Å². The molecule has 3 aliphatic rings. The van der Waals surface area contributed by atoms with E-state index in [0.29, 0.717) is 19.3 Å². The number of amides is 2. The minimum absolute atomic E-state index is 0.0596. The van der Waals surface area contributed by atoms with Gasteiger partial charge in [0.1, 0.15) is 18.6 Å². The smallest absolute Gasteiger partial charge is 0.318 e. The van der Waals surface area contributed by atoms with Crippen LogP contribution in [0.25, 0.3) is 0 Å². The number of carbonyl (C=O) groups excluding carboxylic acids is 1. The molecule has 0 spiro atoms. The highest BCUT2D eigenvalue weighted by Gasteiger charge is 2.32. The molecule has 24 heavy (non-hydrogen) atoms. The third-order valence-corrected chi connectivity index (χ3v) is 6.20. The summed E-state index contributed by atoms with van der Waals surface area (Å²) in [6, 6.07) is 6.46. The highest BCUT2D eigenvalue weighted by Crippen LogP contribution is 2.41. The second-order valence-corrected chi connectivity index (χ2v) is 7.79. The topological polar surface area (TPSA) is 50.8 Å². The first-order valence-corrected chi connectivity index (χ1v) is 9.94. The lowest BCUT2D eigenvalue weighted by Crippen LogP contribution is -2.45. The lowest BCUT2D eigenvalue weighted by molar-refractivity contribution is 0.171. The van der Waals surface area contributed by atoms with Gasteiger partial charge in [-0.25, -0.2) is 4.79 Å². The fourth-order valence-corrected chi connectivity index (χ4v) is 4.92. The number of nitrogens with zero attached hydrogens (tertiary/aromatic N) is 1. The minimum atomic E-state index is 0.0596. The molecule has 6 heteroatoms. The van der Waals surface area contributed by atoms with Gasteiger partial charge in [0.25, 0.3) is 0 Å². The first-order valence-electron chi connectivity index (χ1n) is 8.89. The van der Waals surface area contributed by atoms with Crippen molar-refractivity contribution in [3.8, 4) is 11.5 Å². The second-order valence-electron chi connectivity index (χ2n) is 6.60. The average Bonchev–Trinajstić information content (AvgIpc) is 3.12. The zero-order chi connectivity index (χ0) is 16.4. The molecule has 4 rings (SSSR count). The van der Waals surface area contributed by atoms with E-state index in [1.807, 2.05) is 28.8 Å². The van der Waals surface area contributed by atoms with Crippen molar-refractivity contribution in [2.24, 2.45) is 0 Å². The standard InChI is InChI=1S/C18H24N2O3S/c21-18(19-14-4-2-1-3-5-14)20-8-11-24-17(20)13-6-7-15-16(12-13)23-10-9-22-15/h6-7,12,14,17H,1-5,8-11H2,(H,19,21). The third-order valence-electron chi connectivity index (χ3n) is 4.94. The van der Waals surface area contributed by atoms with Crippen LogP contribution in [0.4, 0.5) is 4.79 Å². The van der Waals surface area contributed by atoms with Crippen molar-refractivity contribution in [2.45, 2.75) is 43.5 Å². The van der Waals surface area contributed by atoms with Crippen LogP contribution in [0.1, 0.15) is 43.0 Å². The minimum Gasteiger partial charge on any atom is -0.486 e. The number of thioether (sulfide) groups is 1. The second kappa shape index (κ2) is 7.13. The molecule has 1 unspecified atom stereocenters. The van der Waals surface area contributed by atoms with Gasteiger partial charge in [-0.05, 0) is 30.5 Å². The molecule has 130 valence electrons. The fourth-order valence-electron chi connectivity index (χ4n) is 3.67. The number of rotatable bonds is 2. The SMILES string of the molecule is O=C(NC1CCCCC1)N1CCSC1c1ccc2c(c1)OCCO2. The normalized spacial score (nSPS) is 24.0. The van der Waals surface area contributed by atoms with Crippen molar-refractivity contribution >= 4 is 17.8 Å². The number of carbonyl (C=O) groups is 1. The number of hydrogen-bond donors (Lipinski definition) is 1. The average molecular weight is 348 g/mol. The Hall–Kier alpha value is -1.56. The fraction of sp³-hybridized carbons (Fsp3) is 0.611. The van der Waals surface area contributed by atoms with Crippen LogP contribution in [-0.4, -0.2) is 42.5 Å². The summed E-state index contributed by atoms with van der Waals surface area (Å²) in [5, 5.41) is 3.30. The number of hydrogen-bond acceptors (Lipinski definition) is 4. The molecule has 2 aliphatic heterocycles. The molecule has 1 saturated heterocycles. The molecule has 1 atom stereocenters. The van der Waals surface area contributed by atoms with Crippen molar-refractivity contribution in [1.29, 1.82) is 0 Å². The van der Waals surface area contributed by atoms with Crippen LogP contribution in [0.2, 0.25) is 0 Å². The molecule has 1 N–H and O–H groups in total. The predicted octanol–water partition coefficient (Wildman–Crippen LogP) is 3.55. The van der Waals surface area contributed by atoms with Crippen molar-refractivity contribution < 1.29 is 14.3 Å². The number of ether oxygens (including phenoxy) is 2. The van der Waals surface area contributed by atoms with Gasteiger partial charge in [-0.1, -0.05) is 25.3 Å². The van der Waals surface area contributed by atoms with Gasteiger partial charge in [0.2, 0.25) is 0 Å². The maximum absolute atomic E-state index is 12.7. The molecule has 2 amide bonds. The Morgan fingerprint density at radius 2 is 1.92 bits per heavy atom. The molecule has 1 aliphatic carbocycles. The highest BCUT2D eigenvalue weighted by molar-refractivity contribution is 7.99. The van der Waals surface area contributed by atoms with Gasteiger partial charge in [0, 0.05) is 18.3 Å². The number of nitrogens with one attached hydrogen (secondary N) is 1. The zero-order valence-electron chi connectivity index (χ0n) is 13.8. The third kappa shape index (κ3) is 3.29. The van der Waals surface area contributed by atoms with Crippen LogP contribution < -0.4 is 14.8 Å². The molecule has 1 aromatic rings. The van der Waals surface area contributed by atoms with E-state index in [4.69, 9.17) is 9.47 Å². The van der Waals surface area contributed by atoms with Gasteiger partial charge in [-0.3, -0.25) is 0 Å². The Bertz CT molecular complexity index is 604. The van der Waals surface area contributed by atoms with Gasteiger partial charge >= 0.3 is 6.03 Å². The van der Waals surface area contributed by atoms with E-state index < -0.39 is 0 Å². The molecular weight excluding hydrogens is 324 g/mol. The Morgan fingerprint density at radius 1 is 1.12 bits per heavy atom. The molecule has 0 bridgehead atoms. The van der Waals surface area contributed by atoms with E-state index in [0.717, 1.165) is 42.2 Å². The maximum Gasteiger partial charge on any atom is 0.318 e. The van der Waals surface area contributed by atoms with Crippen LogP contribution in [0.5, 0.6) is 11.5 Å². The van der Waals surface area contributed by atoms with Crippen molar-refractivity contribution in [1.82, 2.24) is 10.2 Å². The van der Waals surface area contributed by atoms with Gasteiger partial charge in [0.15, 0.2) is 11.5 Å². The van der Waals surface area contributed by atoms with Crippen LogP contribution in [0.3, 0.4) is 0 Å². The van der Waals surface area contributed by atoms with Crippen LogP contribution in [-0.2, 0) is 0 Å². The first-order chi connectivity index (χ1) is 11.8. The van der Waals surface area contributed by atoms with Gasteiger partial charge in [-0.2, -0.15) is 0 Å². The summed E-state index contributed by atoms with van der Waals surface area (Å²) in [5.74, 6) is 2.56. The molecule has 0 radical (unpaired) electrons. The molecule has 2 fully saturated rings. The molecule has 5 nitrogen and oxygen atoms in total. The maximum atomic E-state index is 12.7. The lowest BCUT2D eigenvalue weighted by atomic mass is 9.96. The van der Waals surface area contributed by atoms with E-state index in [2.05, 4.69) is 11.4 Å². The summed E-state index contributed by atoms with van der Waals surface area (Å²) in [4.78, 5) is 14.7. The first kappa shape index (κ1) is 15.9. The van der Waals surface area contributed by atoms with Crippen molar-refractivity contribution in [3.05, 3.63) is 23.8 Å². The summed E-state index contributed by atoms with van der Waals surface area (Å²) >= 11 is 1.81. The number of fused-ring (bicyclic) bond motifs is 1. The molecule has 1 aromatic carbocycles. The summed E-state index contributed by atoms with van der Waals surface area (Å²) in [7, 11) is 0. The summed E-state index contributed by atoms with van der Waals surface area (Å²) < 4.78 is 11.3. The molecule has 0 aromatic heterocycles. The molecule has 2 heterocycles. The van der Waals surface area contributed by atoms with E-state index in [9.17, 15) is 4.79 Å². The van der Waals surface area contributed by atoms with Gasteiger partial charge in [0.05, 0.1) is 0 Å². The monoisotopic (exact) mass is 348 g/mol. The highest BCUT2D eigenvalue weighted by atomic mass is 32.2. The van der Waals surface area contributed by atoms with Crippen molar-refractivity contribution in [2.75, 3.05) is 25.5 Å². The summed E-state index contributed by atoms with van der Waals surface area (Å²) in [6.07, 6.45) is 5.98. The summed E-state index contributed by atoms with van der Waals surface area (Å²) in [5.41, 5.74) is 1.11. The van der Waals surface area contributed by atoms with Gasteiger partial charge in [-0.15, -0.1) is 11.8 Å². The Balaban J connectivity index is 1.47. The zero-order valence-corrected chi connectivity index (χ0v) is 14.6. The quantitative estimate of drug-likeness (QED) is 0.888. The van der Waals surface area contributed by atoms with Crippen LogP contribution in [0.15, 0.2) is 18.2 Å². The van der Waals surface area contributed by atoms with Crippen LogP contribution in [0, 0.1) is 0 Å².